The van der Waals surface area contributed by atoms with Crippen LogP contribution in [0, 0.1) is 6.92 Å². The van der Waals surface area contributed by atoms with Gasteiger partial charge in [-0.25, -0.2) is 0 Å². The van der Waals surface area contributed by atoms with E-state index in [-0.39, 0.29) is 36.6 Å². The summed E-state index contributed by atoms with van der Waals surface area (Å²) in [4.78, 5) is 0. The van der Waals surface area contributed by atoms with Gasteiger partial charge in [0, 0.05) is 5.46 Å². The van der Waals surface area contributed by atoms with Gasteiger partial charge in [0.1, 0.15) is 23.0 Å². The summed E-state index contributed by atoms with van der Waals surface area (Å²) in [6.07, 6.45) is 0. The van der Waals surface area contributed by atoms with Gasteiger partial charge in [-0.15, -0.1) is 0 Å². The van der Waals surface area contributed by atoms with Crippen molar-refractivity contribution in [2.45, 2.75) is 6.92 Å². The first-order valence-corrected chi connectivity index (χ1v) is 7.16. The molecule has 0 unspecified atom stereocenters. The Bertz CT molecular complexity index is 1110. The van der Waals surface area contributed by atoms with Gasteiger partial charge in [-0.3, -0.25) is 0 Å². The Balaban J connectivity index is 1.92. The molecular weight excluding hydrogens is 271 g/mol. The molecule has 0 radical (unpaired) electrons. The minimum Gasteiger partial charge on any atom is -0.458 e. The molecule has 3 aromatic rings. The summed E-state index contributed by atoms with van der Waals surface area (Å²) in [5.41, 5.74) is 3.11. The molecule has 0 N–H and O–H groups in total. The number of rotatable bonds is 0. The Hall–Kier alpha value is -2.68. The van der Waals surface area contributed by atoms with Gasteiger partial charge >= 0.3 is 0 Å². The third-order valence-corrected chi connectivity index (χ3v) is 4.17. The van der Waals surface area contributed by atoms with Gasteiger partial charge in [0.25, 0.3) is 6.71 Å². The number of para-hydroxylation sites is 2. The van der Waals surface area contributed by atoms with Crippen LogP contribution in [0.5, 0.6) is 23.0 Å². The second-order valence-electron chi connectivity index (χ2n) is 5.59. The lowest BCUT2D eigenvalue weighted by Crippen LogP contribution is -2.57. The van der Waals surface area contributed by atoms with Crippen LogP contribution >= 0.6 is 0 Å². The van der Waals surface area contributed by atoms with Gasteiger partial charge in [-0.05, 0) is 47.7 Å². The van der Waals surface area contributed by atoms with Crippen LogP contribution in [0.4, 0.5) is 0 Å². The first-order chi connectivity index (χ1) is 12.5. The lowest BCUT2D eigenvalue weighted by Gasteiger charge is -2.33. The molecule has 3 aromatic carbocycles. The average molecular weight is 288 g/mol. The molecule has 0 saturated carbocycles. The molecule has 3 heteroatoms. The summed E-state index contributed by atoms with van der Waals surface area (Å²) < 4.78 is 44.8. The Morgan fingerprint density at radius 1 is 0.864 bits per heavy atom. The summed E-state index contributed by atoms with van der Waals surface area (Å²) in [7, 11) is 0. The fourth-order valence-corrected chi connectivity index (χ4v) is 3.28. The minimum atomic E-state index is -0.351. The van der Waals surface area contributed by atoms with Crippen molar-refractivity contribution >= 4 is 23.1 Å². The lowest BCUT2D eigenvalue weighted by atomic mass is 9.35. The predicted octanol–water partition coefficient (Wildman–Crippen LogP) is 2.72. The second kappa shape index (κ2) is 4.17. The summed E-state index contributed by atoms with van der Waals surface area (Å²) in [6, 6.07) is 10.7. The van der Waals surface area contributed by atoms with Gasteiger partial charge in [0.15, 0.2) is 0 Å². The van der Waals surface area contributed by atoms with E-state index >= 15 is 0 Å². The van der Waals surface area contributed by atoms with E-state index in [2.05, 4.69) is 0 Å². The van der Waals surface area contributed by atoms with Gasteiger partial charge in [-0.2, -0.15) is 0 Å². The standard InChI is InChI=1S/C19H13BO2/c1-12-10-17-19-18(11-12)22-16-9-5-3-7-14(16)20(19)13-6-2-4-8-15(13)21-17/h2-11H,1H3/i2D,4D,6D,8D. The number of aryl methyl sites for hydroxylation is 1. The van der Waals surface area contributed by atoms with Crippen LogP contribution in [0.25, 0.3) is 0 Å². The van der Waals surface area contributed by atoms with E-state index in [9.17, 15) is 0 Å². The summed E-state index contributed by atoms with van der Waals surface area (Å²) in [6.45, 7) is 1.59. The molecule has 2 heterocycles. The predicted molar refractivity (Wildman–Crippen MR) is 88.9 cm³/mol. The highest BCUT2D eigenvalue weighted by Gasteiger charge is 2.39. The number of benzene rings is 3. The third kappa shape index (κ3) is 1.51. The molecule has 0 bridgehead atoms. The topological polar surface area (TPSA) is 18.5 Å². The lowest BCUT2D eigenvalue weighted by molar-refractivity contribution is 0.464. The van der Waals surface area contributed by atoms with Gasteiger partial charge in [0.05, 0.1) is 5.48 Å². The van der Waals surface area contributed by atoms with Crippen LogP contribution in [0.2, 0.25) is 0 Å². The zero-order chi connectivity index (χ0) is 18.2. The van der Waals surface area contributed by atoms with Gasteiger partial charge in [0.2, 0.25) is 0 Å². The van der Waals surface area contributed by atoms with Crippen LogP contribution < -0.4 is 25.9 Å². The molecule has 2 aliphatic rings. The summed E-state index contributed by atoms with van der Waals surface area (Å²) >= 11 is 0. The molecule has 0 aromatic heterocycles. The van der Waals surface area contributed by atoms with Crippen LogP contribution in [0.15, 0.2) is 60.6 Å². The molecular formula is C19H13BO2. The number of fused-ring (bicyclic) bond motifs is 4. The smallest absolute Gasteiger partial charge is 0.260 e. The van der Waals surface area contributed by atoms with Crippen molar-refractivity contribution < 1.29 is 15.0 Å². The second-order valence-corrected chi connectivity index (χ2v) is 5.59. The molecule has 5 rings (SSSR count). The maximum atomic E-state index is 8.45. The Labute approximate surface area is 135 Å². The van der Waals surface area contributed by atoms with Gasteiger partial charge in [-0.1, -0.05) is 36.3 Å². The van der Waals surface area contributed by atoms with E-state index in [1.165, 1.54) is 0 Å². The van der Waals surface area contributed by atoms with Crippen LogP contribution in [0.1, 0.15) is 11.0 Å². The first kappa shape index (κ1) is 8.69. The molecule has 104 valence electrons. The van der Waals surface area contributed by atoms with Gasteiger partial charge < -0.3 is 9.47 Å². The number of hydrogen-bond donors (Lipinski definition) is 0. The van der Waals surface area contributed by atoms with Crippen LogP contribution in [-0.4, -0.2) is 6.71 Å². The van der Waals surface area contributed by atoms with Crippen LogP contribution in [-0.2, 0) is 0 Å². The monoisotopic (exact) mass is 288 g/mol. The number of hydrogen-bond acceptors (Lipinski definition) is 2. The Morgan fingerprint density at radius 3 is 2.45 bits per heavy atom. The zero-order valence-electron chi connectivity index (χ0n) is 15.9. The Kier molecular flexibility index (Phi) is 1.65. The zero-order valence-corrected chi connectivity index (χ0v) is 11.9. The molecule has 0 fully saturated rings. The van der Waals surface area contributed by atoms with Crippen molar-refractivity contribution in [3.63, 3.8) is 0 Å². The maximum Gasteiger partial charge on any atom is 0.260 e. The van der Waals surface area contributed by atoms with E-state index in [0.717, 1.165) is 16.5 Å². The maximum absolute atomic E-state index is 8.45. The van der Waals surface area contributed by atoms with E-state index in [1.54, 1.807) is 0 Å². The SMILES string of the molecule is [2H]c1c([2H])c([2H])c2c(c1[2H])Oc1cc(C)cc3c1B2c1ccccc1O3. The van der Waals surface area contributed by atoms with Crippen molar-refractivity contribution in [1.82, 2.24) is 0 Å². The van der Waals surface area contributed by atoms with E-state index in [1.807, 2.05) is 43.3 Å². The van der Waals surface area contributed by atoms with Crippen molar-refractivity contribution in [2.24, 2.45) is 0 Å². The largest absolute Gasteiger partial charge is 0.458 e. The Morgan fingerprint density at radius 2 is 1.59 bits per heavy atom. The van der Waals surface area contributed by atoms with E-state index in [4.69, 9.17) is 15.0 Å². The van der Waals surface area contributed by atoms with Crippen molar-refractivity contribution in [2.75, 3.05) is 0 Å². The van der Waals surface area contributed by atoms with Crippen molar-refractivity contribution in [1.29, 1.82) is 0 Å². The summed E-state index contributed by atoms with van der Waals surface area (Å²) in [5.74, 6) is 2.14. The minimum absolute atomic E-state index is 0.0696. The first-order valence-electron chi connectivity index (χ1n) is 9.16. The molecule has 0 aliphatic carbocycles. The third-order valence-electron chi connectivity index (χ3n) is 4.17. The highest BCUT2D eigenvalue weighted by molar-refractivity contribution is 6.98. The van der Waals surface area contributed by atoms with Crippen molar-refractivity contribution in [3.8, 4) is 23.0 Å². The molecule has 0 spiro atoms. The fourth-order valence-electron chi connectivity index (χ4n) is 3.28. The van der Waals surface area contributed by atoms with E-state index in [0.29, 0.717) is 22.7 Å². The normalized spacial score (nSPS) is 16.0. The van der Waals surface area contributed by atoms with E-state index < -0.39 is 0 Å². The highest BCUT2D eigenvalue weighted by atomic mass is 16.5. The highest BCUT2D eigenvalue weighted by Crippen LogP contribution is 2.34. The molecule has 22 heavy (non-hydrogen) atoms. The fraction of sp³-hybridized carbons (Fsp3) is 0.0526. The quantitative estimate of drug-likeness (QED) is 0.408. The molecule has 2 aliphatic heterocycles. The molecule has 0 saturated heterocycles. The average Bonchev–Trinajstić information content (AvgIpc) is 2.63. The van der Waals surface area contributed by atoms with Crippen molar-refractivity contribution in [3.05, 3.63) is 66.1 Å². The summed E-state index contributed by atoms with van der Waals surface area (Å²) in [5, 5.41) is 0. The van der Waals surface area contributed by atoms with Crippen LogP contribution in [0.3, 0.4) is 0 Å². The molecule has 0 amide bonds. The number of ether oxygens (including phenoxy) is 2. The molecule has 2 nitrogen and oxygen atoms in total. The molecule has 0 atom stereocenters.